The van der Waals surface area contributed by atoms with Gasteiger partial charge in [0.2, 0.25) is 39.6 Å². The lowest BCUT2D eigenvalue weighted by Crippen LogP contribution is -2.44. The molecule has 8 atom stereocenters. The van der Waals surface area contributed by atoms with Gasteiger partial charge in [0.15, 0.2) is 34.0 Å². The van der Waals surface area contributed by atoms with E-state index in [0.717, 1.165) is 51.4 Å². The van der Waals surface area contributed by atoms with E-state index in [1.165, 1.54) is 12.7 Å². The average molecular weight is 991 g/mol. The zero-order valence-electron chi connectivity index (χ0n) is 35.6. The molecule has 360 valence electrons. The molecular weight excluding hydrogens is 941 g/mol. The van der Waals surface area contributed by atoms with Gasteiger partial charge in [-0.25, -0.2) is 9.97 Å². The Morgan fingerprint density at radius 2 is 0.881 bits per heavy atom. The van der Waals surface area contributed by atoms with E-state index in [1.54, 1.807) is 9.13 Å². The molecule has 25 nitrogen and oxygen atoms in total. The first kappa shape index (κ1) is 47.0. The topological polar surface area (TPSA) is 354 Å². The third-order valence-corrected chi connectivity index (χ3v) is 13.7. The number of nitrogens with one attached hydrogen (secondary N) is 6. The number of hydrogen-bond donors (Lipinski definition) is 12. The standard InChI is InChI=1S/C39H50Cl3N17O8/c40-35-51-31(25-33(53-35)58(13-43-25)21-9-19(27(64)29(21)66)49-23(62)11-60)45-15-1-5-17(6-2-15)47-38-55-37(42)56-39(57-38)48-18-7-3-16(4-8-18)46-32-26-34(54-36(41)52-32)59(14-44-26)22-10-20(28(65)30(22)67)50-24(63)12-61/h13-22,27-30,60-61,64-67H,1-12H2,(H,49,62)(H,50,63)(H,45,51,53)(H,46,52,54)(H2,47,48,55,56,57)/t15?,16?,17?,18?,19-,20-,21+,22+,27+,28+,29-,30-/m0/s1. The van der Waals surface area contributed by atoms with Crippen LogP contribution in [0.15, 0.2) is 12.7 Å². The molecule has 4 aliphatic rings. The van der Waals surface area contributed by atoms with E-state index in [4.69, 9.17) is 45.0 Å². The van der Waals surface area contributed by atoms with Gasteiger partial charge in [-0.3, -0.25) is 9.59 Å². The zero-order chi connectivity index (χ0) is 47.1. The summed E-state index contributed by atoms with van der Waals surface area (Å²) >= 11 is 19.1. The summed E-state index contributed by atoms with van der Waals surface area (Å²) in [6, 6.07) is -2.75. The van der Waals surface area contributed by atoms with Crippen LogP contribution in [0.4, 0.5) is 23.5 Å². The summed E-state index contributed by atoms with van der Waals surface area (Å²) in [5, 5.41) is 80.0. The van der Waals surface area contributed by atoms with Gasteiger partial charge in [-0.2, -0.15) is 34.9 Å². The molecule has 5 aromatic heterocycles. The number of carbonyl (C=O) groups is 2. The Morgan fingerprint density at radius 1 is 0.522 bits per heavy atom. The number of aliphatic hydroxyl groups excluding tert-OH is 6. The molecule has 0 aliphatic heterocycles. The number of fused-ring (bicyclic) bond motifs is 2. The summed E-state index contributed by atoms with van der Waals surface area (Å²) in [5.74, 6) is 0.264. The quantitative estimate of drug-likeness (QED) is 0.0655. The van der Waals surface area contributed by atoms with Crippen LogP contribution in [0.2, 0.25) is 15.9 Å². The number of aromatic nitrogens is 11. The van der Waals surface area contributed by atoms with E-state index < -0.39 is 73.6 Å². The number of aliphatic hydroxyl groups is 6. The summed E-state index contributed by atoms with van der Waals surface area (Å²) < 4.78 is 3.24. The number of rotatable bonds is 14. The van der Waals surface area contributed by atoms with E-state index in [9.17, 15) is 30.0 Å². The van der Waals surface area contributed by atoms with Crippen molar-refractivity contribution in [1.29, 1.82) is 0 Å². The maximum absolute atomic E-state index is 11.8. The molecule has 0 radical (unpaired) electrons. The molecule has 2 amide bonds. The lowest BCUT2D eigenvalue weighted by molar-refractivity contribution is -0.126. The molecule has 9 rings (SSSR count). The van der Waals surface area contributed by atoms with Crippen LogP contribution < -0.4 is 31.9 Å². The van der Waals surface area contributed by atoms with Crippen molar-refractivity contribution in [2.24, 2.45) is 0 Å². The predicted octanol–water partition coefficient (Wildman–Crippen LogP) is 0.0690. The van der Waals surface area contributed by atoms with Gasteiger partial charge in [0.1, 0.15) is 37.6 Å². The minimum atomic E-state index is -1.26. The van der Waals surface area contributed by atoms with Crippen molar-refractivity contribution in [3.05, 3.63) is 28.5 Å². The molecule has 28 heteroatoms. The predicted molar refractivity (Wildman–Crippen MR) is 241 cm³/mol. The summed E-state index contributed by atoms with van der Waals surface area (Å²) in [6.07, 6.45) is 4.48. The minimum Gasteiger partial charge on any atom is -0.388 e. The second-order valence-electron chi connectivity index (χ2n) is 17.5. The Morgan fingerprint density at radius 3 is 1.25 bits per heavy atom. The van der Waals surface area contributed by atoms with Crippen LogP contribution in [-0.2, 0) is 9.59 Å². The third kappa shape index (κ3) is 10.1. The minimum absolute atomic E-state index is 0.0249. The van der Waals surface area contributed by atoms with Gasteiger partial charge in [0.05, 0.1) is 36.8 Å². The van der Waals surface area contributed by atoms with Crippen LogP contribution in [0.5, 0.6) is 0 Å². The molecular formula is C39H50Cl3N17O8. The van der Waals surface area contributed by atoms with Crippen molar-refractivity contribution in [2.45, 2.75) is 137 Å². The van der Waals surface area contributed by atoms with Crippen LogP contribution in [-0.4, -0.2) is 170 Å². The summed E-state index contributed by atoms with van der Waals surface area (Å²) in [4.78, 5) is 63.5. The fourth-order valence-corrected chi connectivity index (χ4v) is 10.3. The first-order valence-corrected chi connectivity index (χ1v) is 23.2. The first-order chi connectivity index (χ1) is 32.2. The number of halogens is 3. The maximum Gasteiger partial charge on any atom is 0.246 e. The smallest absolute Gasteiger partial charge is 0.246 e. The highest BCUT2D eigenvalue weighted by atomic mass is 35.5. The molecule has 12 N–H and O–H groups in total. The van der Waals surface area contributed by atoms with Crippen molar-refractivity contribution in [2.75, 3.05) is 34.5 Å². The van der Waals surface area contributed by atoms with Crippen LogP contribution in [0.3, 0.4) is 0 Å². The fraction of sp³-hybridized carbons (Fsp3) is 0.615. The van der Waals surface area contributed by atoms with Crippen LogP contribution >= 0.6 is 34.8 Å². The van der Waals surface area contributed by atoms with Gasteiger partial charge in [-0.15, -0.1) is 0 Å². The molecule has 0 saturated heterocycles. The van der Waals surface area contributed by atoms with Crippen molar-refractivity contribution in [3.8, 4) is 0 Å². The zero-order valence-corrected chi connectivity index (χ0v) is 37.9. The lowest BCUT2D eigenvalue weighted by Gasteiger charge is -2.31. The van der Waals surface area contributed by atoms with E-state index in [1.807, 2.05) is 0 Å². The van der Waals surface area contributed by atoms with Gasteiger partial charge >= 0.3 is 0 Å². The maximum atomic E-state index is 11.8. The Labute approximate surface area is 395 Å². The van der Waals surface area contributed by atoms with Crippen LogP contribution in [0.1, 0.15) is 76.3 Å². The monoisotopic (exact) mass is 989 g/mol. The van der Waals surface area contributed by atoms with Gasteiger partial charge < -0.3 is 71.7 Å². The molecule has 0 aromatic carbocycles. The molecule has 0 unspecified atom stereocenters. The second-order valence-corrected chi connectivity index (χ2v) is 18.5. The first-order valence-electron chi connectivity index (χ1n) is 22.1. The number of imidazole rings is 2. The van der Waals surface area contributed by atoms with E-state index >= 15 is 0 Å². The molecule has 0 spiro atoms. The Kier molecular flexibility index (Phi) is 13.9. The molecule has 4 aliphatic carbocycles. The van der Waals surface area contributed by atoms with Crippen molar-refractivity contribution in [3.63, 3.8) is 0 Å². The number of carbonyl (C=O) groups excluding carboxylic acids is 2. The largest absolute Gasteiger partial charge is 0.388 e. The van der Waals surface area contributed by atoms with Crippen LogP contribution in [0, 0.1) is 0 Å². The van der Waals surface area contributed by atoms with Crippen molar-refractivity contribution < 1.29 is 40.2 Å². The highest BCUT2D eigenvalue weighted by Crippen LogP contribution is 2.37. The number of anilines is 4. The third-order valence-electron chi connectivity index (χ3n) is 13.2. The Balaban J connectivity index is 0.769. The average Bonchev–Trinajstić information content (AvgIpc) is 4.06. The molecule has 5 heterocycles. The van der Waals surface area contributed by atoms with E-state index in [2.05, 4.69) is 76.8 Å². The van der Waals surface area contributed by atoms with Gasteiger partial charge in [0.25, 0.3) is 0 Å². The SMILES string of the molecule is O=C(CO)N[C@H]1C[C@@H](n2cnc3c(NC4CCC(Nc5nc(Cl)nc(NC6CCC(Nc7nc(Cl)nc8c7ncn8[C@@H]7C[C@H](NC(=O)CO)[C@@H](O)[C@H]7O)CC6)n5)CC4)nc(Cl)nc32)[C@H](O)[C@@H]1O. The lowest BCUT2D eigenvalue weighted by atomic mass is 9.91. The fourth-order valence-electron chi connectivity index (χ4n) is 9.82. The van der Waals surface area contributed by atoms with E-state index in [-0.39, 0.29) is 52.9 Å². The molecule has 67 heavy (non-hydrogen) atoms. The van der Waals surface area contributed by atoms with Crippen molar-refractivity contribution >= 4 is 92.5 Å². The van der Waals surface area contributed by atoms with Gasteiger partial charge in [-0.1, -0.05) is 0 Å². The molecule has 0 bridgehead atoms. The van der Waals surface area contributed by atoms with Gasteiger partial charge in [-0.05, 0) is 99.0 Å². The Bertz CT molecular complexity index is 2430. The summed E-state index contributed by atoms with van der Waals surface area (Å²) in [6.45, 7) is -1.48. The van der Waals surface area contributed by atoms with E-state index in [0.29, 0.717) is 45.9 Å². The Hall–Kier alpha value is -5.12. The molecule has 4 saturated carbocycles. The number of hydrogen-bond acceptors (Lipinski definition) is 21. The van der Waals surface area contributed by atoms with Gasteiger partial charge in [0, 0.05) is 24.2 Å². The molecule has 4 fully saturated rings. The summed E-state index contributed by atoms with van der Waals surface area (Å²) in [5.41, 5.74) is 1.60. The molecule has 5 aromatic rings. The number of amides is 2. The normalized spacial score (nSPS) is 29.8. The van der Waals surface area contributed by atoms with Crippen molar-refractivity contribution in [1.82, 2.24) is 64.6 Å². The highest BCUT2D eigenvalue weighted by molar-refractivity contribution is 6.29. The highest BCUT2D eigenvalue weighted by Gasteiger charge is 2.45. The second kappa shape index (κ2) is 19.8. The number of nitrogens with zero attached hydrogens (tertiary/aromatic N) is 11. The van der Waals surface area contributed by atoms with Crippen LogP contribution in [0.25, 0.3) is 22.3 Å². The summed E-state index contributed by atoms with van der Waals surface area (Å²) in [7, 11) is 0.